The Balaban J connectivity index is 1.21. The predicted octanol–water partition coefficient (Wildman–Crippen LogP) is 18.6. The van der Waals surface area contributed by atoms with Gasteiger partial charge in [0.25, 0.3) is 0 Å². The average Bonchev–Trinajstić information content (AvgIpc) is 3.90. The molecule has 0 atom stereocenters. The van der Waals surface area contributed by atoms with E-state index in [1.54, 1.807) is 6.92 Å². The van der Waals surface area contributed by atoms with Gasteiger partial charge in [-0.15, -0.1) is 0 Å². The molecular weight excluding hydrogens is 904 g/mol. The van der Waals surface area contributed by atoms with Crippen molar-refractivity contribution in [2.75, 3.05) is 0 Å². The fraction of sp³-hybridized carbons (Fsp3) is 0.0896. The Morgan fingerprint density at radius 3 is 1.27 bits per heavy atom. The Morgan fingerprint density at radius 2 is 0.781 bits per heavy atom. The Kier molecular flexibility index (Phi) is 10.8. The highest BCUT2D eigenvalue weighted by atomic mass is 19.4. The van der Waals surface area contributed by atoms with Crippen LogP contribution in [0.5, 0.6) is 0 Å². The van der Waals surface area contributed by atoms with Gasteiger partial charge < -0.3 is 9.13 Å². The van der Waals surface area contributed by atoms with Gasteiger partial charge in [0.15, 0.2) is 0 Å². The first-order chi connectivity index (χ1) is 35.3. The van der Waals surface area contributed by atoms with Crippen LogP contribution < -0.4 is 0 Å². The third-order valence-electron chi connectivity index (χ3n) is 14.4. The van der Waals surface area contributed by atoms with E-state index >= 15 is 13.2 Å². The van der Waals surface area contributed by atoms with Crippen molar-refractivity contribution in [2.24, 2.45) is 0 Å². The number of hydrogen-bond donors (Lipinski definition) is 0. The van der Waals surface area contributed by atoms with Gasteiger partial charge in [-0.25, -0.2) is 0 Å². The van der Waals surface area contributed by atoms with Crippen LogP contribution in [0.2, 0.25) is 0 Å². The highest BCUT2D eigenvalue weighted by Gasteiger charge is 2.32. The first-order valence-corrected chi connectivity index (χ1v) is 24.5. The van der Waals surface area contributed by atoms with Crippen LogP contribution in [0, 0.1) is 45.9 Å². The molecule has 0 aliphatic rings. The van der Waals surface area contributed by atoms with Gasteiger partial charge in [-0.05, 0) is 145 Å². The minimum atomic E-state index is -4.61. The number of alkyl halides is 3. The first kappa shape index (κ1) is 45.2. The van der Waals surface area contributed by atoms with E-state index in [0.29, 0.717) is 33.6 Å². The van der Waals surface area contributed by atoms with Crippen LogP contribution in [0.15, 0.2) is 200 Å². The van der Waals surface area contributed by atoms with Crippen LogP contribution in [0.1, 0.15) is 38.9 Å². The van der Waals surface area contributed by atoms with Gasteiger partial charge >= 0.3 is 6.18 Å². The average molecular weight is 952 g/mol. The van der Waals surface area contributed by atoms with Gasteiger partial charge in [-0.1, -0.05) is 168 Å². The number of fused-ring (bicyclic) bond motifs is 6. The summed E-state index contributed by atoms with van der Waals surface area (Å²) in [6.45, 7) is 10.0. The number of benzene rings is 10. The molecule has 0 unspecified atom stereocenters. The van der Waals surface area contributed by atoms with Crippen molar-refractivity contribution in [3.05, 3.63) is 239 Å². The van der Waals surface area contributed by atoms with Crippen LogP contribution >= 0.6 is 0 Å². The maximum absolute atomic E-state index is 15.0. The molecule has 2 heterocycles. The lowest BCUT2D eigenvalue weighted by molar-refractivity contribution is -0.137. The van der Waals surface area contributed by atoms with Gasteiger partial charge in [0.1, 0.15) is 6.07 Å². The SMILES string of the molecule is Cc1ccc(-c2ccc3c(c2)c2ccc(-c4cccc(C)c4)cc2n3-c2cc(-c3cc(C)cc(C(F)(F)F)c3)c(-n3c4cc(-c5cccc(C)c5)ccc4c4ccc(-c5cccc(C)c5)cc43)cc2C#N)cc1. The molecule has 352 valence electrons. The van der Waals surface area contributed by atoms with Crippen LogP contribution in [-0.4, -0.2) is 9.13 Å². The lowest BCUT2D eigenvalue weighted by atomic mass is 9.95. The highest BCUT2D eigenvalue weighted by molar-refractivity contribution is 6.13. The minimum Gasteiger partial charge on any atom is -0.309 e. The summed E-state index contributed by atoms with van der Waals surface area (Å²) in [5, 5.41) is 15.5. The number of nitrogens with zero attached hydrogens (tertiary/aromatic N) is 3. The molecule has 0 N–H and O–H groups in total. The number of nitriles is 1. The van der Waals surface area contributed by atoms with Gasteiger partial charge in [-0.2, -0.15) is 18.4 Å². The van der Waals surface area contributed by atoms with Crippen molar-refractivity contribution in [1.29, 1.82) is 5.26 Å². The molecule has 0 saturated heterocycles. The number of aromatic nitrogens is 2. The van der Waals surface area contributed by atoms with E-state index in [1.165, 1.54) is 17.7 Å². The second-order valence-corrected chi connectivity index (χ2v) is 19.7. The summed E-state index contributed by atoms with van der Waals surface area (Å²) in [5.41, 5.74) is 18.4. The first-order valence-electron chi connectivity index (χ1n) is 24.5. The summed E-state index contributed by atoms with van der Waals surface area (Å²) in [5.74, 6) is 0. The fourth-order valence-corrected chi connectivity index (χ4v) is 10.9. The fourth-order valence-electron chi connectivity index (χ4n) is 10.9. The van der Waals surface area contributed by atoms with Gasteiger partial charge in [-0.3, -0.25) is 0 Å². The second-order valence-electron chi connectivity index (χ2n) is 19.7. The van der Waals surface area contributed by atoms with E-state index in [2.05, 4.69) is 201 Å². The van der Waals surface area contributed by atoms with Crippen molar-refractivity contribution < 1.29 is 13.2 Å². The molecule has 10 aromatic carbocycles. The van der Waals surface area contributed by atoms with Crippen molar-refractivity contribution in [2.45, 2.75) is 40.8 Å². The summed E-state index contributed by atoms with van der Waals surface area (Å²) in [6, 6.07) is 70.1. The second kappa shape index (κ2) is 17.4. The summed E-state index contributed by atoms with van der Waals surface area (Å²) in [7, 11) is 0. The molecule has 73 heavy (non-hydrogen) atoms. The molecule has 0 amide bonds. The Labute approximate surface area is 422 Å². The summed E-state index contributed by atoms with van der Waals surface area (Å²) >= 11 is 0. The number of aryl methyl sites for hydroxylation is 5. The highest BCUT2D eigenvalue weighted by Crippen LogP contribution is 2.45. The molecule has 0 spiro atoms. The largest absolute Gasteiger partial charge is 0.416 e. The number of halogens is 3. The van der Waals surface area contributed by atoms with Crippen molar-refractivity contribution in [1.82, 2.24) is 9.13 Å². The molecule has 2 aromatic heterocycles. The molecule has 0 aliphatic carbocycles. The summed E-state index contributed by atoms with van der Waals surface area (Å²) in [4.78, 5) is 0. The van der Waals surface area contributed by atoms with E-state index in [4.69, 9.17) is 0 Å². The van der Waals surface area contributed by atoms with Crippen LogP contribution in [0.3, 0.4) is 0 Å². The number of hydrogen-bond acceptors (Lipinski definition) is 1. The van der Waals surface area contributed by atoms with E-state index in [9.17, 15) is 5.26 Å². The normalized spacial score (nSPS) is 11.8. The van der Waals surface area contributed by atoms with Gasteiger partial charge in [0.2, 0.25) is 0 Å². The smallest absolute Gasteiger partial charge is 0.309 e. The molecule has 0 aliphatic heterocycles. The Bertz CT molecular complexity index is 4150. The topological polar surface area (TPSA) is 33.6 Å². The molecule has 0 radical (unpaired) electrons. The third-order valence-corrected chi connectivity index (χ3v) is 14.4. The van der Waals surface area contributed by atoms with Crippen molar-refractivity contribution in [3.8, 4) is 73.1 Å². The lowest BCUT2D eigenvalue weighted by Crippen LogP contribution is -2.07. The van der Waals surface area contributed by atoms with Crippen LogP contribution in [-0.2, 0) is 6.18 Å². The molecule has 6 heteroatoms. The molecule has 0 fully saturated rings. The maximum atomic E-state index is 15.0. The van der Waals surface area contributed by atoms with E-state index < -0.39 is 11.7 Å². The van der Waals surface area contributed by atoms with Crippen LogP contribution in [0.4, 0.5) is 13.2 Å². The molecule has 12 aromatic rings. The van der Waals surface area contributed by atoms with Crippen molar-refractivity contribution >= 4 is 43.6 Å². The standard InChI is InChI=1S/C67H48F3N3/c1-40-15-17-45(18-16-40)49-22-26-61-60(33-49)58-25-21-52(48-14-8-11-43(4)29-48)36-65(58)72(61)62-38-59(53-30-44(5)31-55(32-53)67(68,69)70)66(37-54(62)39-71)73-63-34-50(46-12-6-9-41(2)27-46)19-23-56(63)57-24-20-51(35-64(57)73)47-13-7-10-42(3)28-47/h6-38H,1-5H3. The minimum absolute atomic E-state index is 0.365. The molecule has 0 saturated carbocycles. The summed E-state index contributed by atoms with van der Waals surface area (Å²) in [6.07, 6.45) is -4.61. The Morgan fingerprint density at radius 1 is 0.342 bits per heavy atom. The number of rotatable bonds is 7. The zero-order chi connectivity index (χ0) is 50.3. The molecular formula is C67H48F3N3. The molecule has 0 bridgehead atoms. The van der Waals surface area contributed by atoms with E-state index in [0.717, 1.165) is 105 Å². The molecule has 12 rings (SSSR count). The summed E-state index contributed by atoms with van der Waals surface area (Å²) < 4.78 is 49.3. The Hall–Kier alpha value is -8.92. The van der Waals surface area contributed by atoms with Crippen molar-refractivity contribution in [3.63, 3.8) is 0 Å². The quantitative estimate of drug-likeness (QED) is 0.157. The third kappa shape index (κ3) is 8.04. The predicted molar refractivity (Wildman–Crippen MR) is 296 cm³/mol. The maximum Gasteiger partial charge on any atom is 0.416 e. The monoisotopic (exact) mass is 951 g/mol. The van der Waals surface area contributed by atoms with Crippen LogP contribution in [0.25, 0.3) is 111 Å². The molecule has 3 nitrogen and oxygen atoms in total. The van der Waals surface area contributed by atoms with Gasteiger partial charge in [0, 0.05) is 27.1 Å². The zero-order valence-electron chi connectivity index (χ0n) is 41.0. The van der Waals surface area contributed by atoms with E-state index in [-0.39, 0.29) is 0 Å². The zero-order valence-corrected chi connectivity index (χ0v) is 41.0. The van der Waals surface area contributed by atoms with E-state index in [1.807, 2.05) is 30.3 Å². The lowest BCUT2D eigenvalue weighted by Gasteiger charge is -2.20. The van der Waals surface area contributed by atoms with Gasteiger partial charge in [0.05, 0.1) is 44.6 Å².